The van der Waals surface area contributed by atoms with Crippen LogP contribution in [0.3, 0.4) is 0 Å². The summed E-state index contributed by atoms with van der Waals surface area (Å²) in [6.45, 7) is 4.11. The largest absolute Gasteiger partial charge is 0.370 e. The minimum atomic E-state index is -1.05. The maximum atomic E-state index is 13.5. The van der Waals surface area contributed by atoms with Crippen molar-refractivity contribution in [2.24, 2.45) is 33.1 Å². The van der Waals surface area contributed by atoms with Gasteiger partial charge in [0.25, 0.3) is 11.8 Å². The zero-order valence-corrected chi connectivity index (χ0v) is 24.9. The molecule has 1 aromatic carbocycles. The molecule has 0 saturated heterocycles. The molecule has 0 aromatic heterocycles. The maximum Gasteiger partial charge on any atom is 0.268 e. The Morgan fingerprint density at radius 1 is 1.09 bits per heavy atom. The molecular weight excluding hydrogens is 554 g/mol. The second kappa shape index (κ2) is 18.3. The fourth-order valence-corrected chi connectivity index (χ4v) is 4.36. The van der Waals surface area contributed by atoms with Gasteiger partial charge in [0.15, 0.2) is 5.96 Å². The van der Waals surface area contributed by atoms with Crippen molar-refractivity contribution < 1.29 is 24.0 Å². The van der Waals surface area contributed by atoms with Crippen molar-refractivity contribution in [1.82, 2.24) is 21.3 Å². The molecule has 14 nitrogen and oxygen atoms in total. The predicted octanol–water partition coefficient (Wildman–Crippen LogP) is -0.990. The number of benzene rings is 1. The Morgan fingerprint density at radius 2 is 1.81 bits per heavy atom. The number of carbonyl (C=O) groups is 5. The number of carbonyl (C=O) groups excluding carboxylic acids is 5. The van der Waals surface area contributed by atoms with Gasteiger partial charge in [-0.3, -0.25) is 29.0 Å². The number of rotatable bonds is 10. The highest BCUT2D eigenvalue weighted by atomic mass is 16.2. The normalized spacial score (nSPS) is 19.9. The zero-order chi connectivity index (χ0) is 31.8. The summed E-state index contributed by atoms with van der Waals surface area (Å²) < 4.78 is 0. The van der Waals surface area contributed by atoms with E-state index in [-0.39, 0.29) is 43.4 Å². The van der Waals surface area contributed by atoms with Gasteiger partial charge in [0, 0.05) is 19.5 Å². The first kappa shape index (κ1) is 34.9. The van der Waals surface area contributed by atoms with Crippen LogP contribution in [-0.4, -0.2) is 79.0 Å². The summed E-state index contributed by atoms with van der Waals surface area (Å²) in [5.74, 6) is -2.93. The van der Waals surface area contributed by atoms with Gasteiger partial charge in [-0.25, -0.2) is 4.99 Å². The van der Waals surface area contributed by atoms with Crippen molar-refractivity contribution in [3.63, 3.8) is 0 Å². The van der Waals surface area contributed by atoms with Crippen LogP contribution in [0.2, 0.25) is 0 Å². The van der Waals surface area contributed by atoms with Crippen LogP contribution >= 0.6 is 0 Å². The van der Waals surface area contributed by atoms with Gasteiger partial charge in [-0.15, -0.1) is 0 Å². The van der Waals surface area contributed by atoms with Crippen molar-refractivity contribution in [3.05, 3.63) is 35.9 Å². The monoisotopic (exact) mass is 599 g/mol. The summed E-state index contributed by atoms with van der Waals surface area (Å²) in [6.07, 6.45) is 2.29. The first-order valence-electron chi connectivity index (χ1n) is 14.6. The van der Waals surface area contributed by atoms with Gasteiger partial charge in [-0.2, -0.15) is 0 Å². The molecule has 43 heavy (non-hydrogen) atoms. The number of hydrogen-bond donors (Lipinski definition) is 7. The van der Waals surface area contributed by atoms with Crippen LogP contribution in [0.25, 0.3) is 0 Å². The fraction of sp³-hybridized carbons (Fsp3) is 0.552. The highest BCUT2D eigenvalue weighted by Gasteiger charge is 2.29. The summed E-state index contributed by atoms with van der Waals surface area (Å²) in [4.78, 5) is 73.1. The molecule has 14 heteroatoms. The first-order valence-corrected chi connectivity index (χ1v) is 14.6. The van der Waals surface area contributed by atoms with E-state index in [1.165, 1.54) is 0 Å². The quantitative estimate of drug-likeness (QED) is 0.0999. The van der Waals surface area contributed by atoms with E-state index in [0.29, 0.717) is 38.8 Å². The van der Waals surface area contributed by atoms with E-state index >= 15 is 0 Å². The van der Waals surface area contributed by atoms with Crippen molar-refractivity contribution in [2.75, 3.05) is 19.6 Å². The minimum Gasteiger partial charge on any atom is -0.370 e. The van der Waals surface area contributed by atoms with E-state index in [1.54, 1.807) is 24.3 Å². The number of hydrogen-bond acceptors (Lipinski definition) is 7. The van der Waals surface area contributed by atoms with Crippen LogP contribution in [0.15, 0.2) is 40.3 Å². The first-order chi connectivity index (χ1) is 20.5. The highest BCUT2D eigenvalue weighted by molar-refractivity contribution is 6.41. The van der Waals surface area contributed by atoms with Gasteiger partial charge in [-0.05, 0) is 50.0 Å². The van der Waals surface area contributed by atoms with Crippen LogP contribution < -0.4 is 38.5 Å². The van der Waals surface area contributed by atoms with Gasteiger partial charge in [0.05, 0.1) is 12.6 Å². The molecule has 0 aliphatic carbocycles. The second-order valence-electron chi connectivity index (χ2n) is 10.9. The van der Waals surface area contributed by atoms with Crippen molar-refractivity contribution in [3.8, 4) is 0 Å². The smallest absolute Gasteiger partial charge is 0.268 e. The summed E-state index contributed by atoms with van der Waals surface area (Å²) in [7, 11) is 0. The Morgan fingerprint density at radius 3 is 2.49 bits per heavy atom. The van der Waals surface area contributed by atoms with Gasteiger partial charge < -0.3 is 38.5 Å². The summed E-state index contributed by atoms with van der Waals surface area (Å²) >= 11 is 0. The van der Waals surface area contributed by atoms with Crippen molar-refractivity contribution in [1.29, 1.82) is 0 Å². The molecule has 0 fully saturated rings. The molecule has 1 aliphatic heterocycles. The third kappa shape index (κ3) is 13.5. The molecule has 0 spiro atoms. The highest BCUT2D eigenvalue weighted by Crippen LogP contribution is 2.11. The molecule has 2 rings (SSSR count). The van der Waals surface area contributed by atoms with E-state index in [9.17, 15) is 24.0 Å². The third-order valence-electron chi connectivity index (χ3n) is 6.63. The Balaban J connectivity index is 2.31. The molecule has 0 saturated carbocycles. The van der Waals surface area contributed by atoms with Gasteiger partial charge in [0.2, 0.25) is 17.7 Å². The molecule has 1 heterocycles. The number of aliphatic imine (C=N–C) groups is 2. The Kier molecular flexibility index (Phi) is 14.8. The molecule has 1 aliphatic rings. The van der Waals surface area contributed by atoms with Crippen LogP contribution in [0.4, 0.5) is 0 Å². The van der Waals surface area contributed by atoms with Gasteiger partial charge in [-0.1, -0.05) is 44.2 Å². The lowest BCUT2D eigenvalue weighted by Gasteiger charge is -2.24. The number of guanidine groups is 1. The number of nitrogens with two attached hydrogens (primary N) is 3. The van der Waals surface area contributed by atoms with E-state index in [4.69, 9.17) is 17.2 Å². The van der Waals surface area contributed by atoms with Crippen LogP contribution in [0.5, 0.6) is 0 Å². The van der Waals surface area contributed by atoms with Crippen LogP contribution in [0, 0.1) is 5.92 Å². The zero-order valence-electron chi connectivity index (χ0n) is 24.9. The SMILES string of the molecule is CC(C)C[C@@H]1NC(=O)[C@@H](NC(=O)[C@@H](N)CCCN=C(N)N)CCCCNC(=O)CNC(=O)C(Cc2ccccc2)=NC1=O. The molecule has 0 radical (unpaired) electrons. The van der Waals surface area contributed by atoms with Gasteiger partial charge >= 0.3 is 0 Å². The van der Waals surface area contributed by atoms with Crippen LogP contribution in [-0.2, 0) is 30.4 Å². The summed E-state index contributed by atoms with van der Waals surface area (Å²) in [6, 6.07) is 6.06. The molecular formula is C29H45N9O5. The van der Waals surface area contributed by atoms with E-state index < -0.39 is 47.7 Å². The lowest BCUT2D eigenvalue weighted by Crippen LogP contribution is -2.54. The average Bonchev–Trinajstić information content (AvgIpc) is 2.95. The Bertz CT molecular complexity index is 1170. The molecule has 1 aromatic rings. The van der Waals surface area contributed by atoms with E-state index in [2.05, 4.69) is 31.3 Å². The molecule has 10 N–H and O–H groups in total. The third-order valence-corrected chi connectivity index (χ3v) is 6.63. The predicted molar refractivity (Wildman–Crippen MR) is 164 cm³/mol. The van der Waals surface area contributed by atoms with E-state index in [0.717, 1.165) is 5.56 Å². The minimum absolute atomic E-state index is 0.00294. The molecule has 5 amide bonds. The Labute approximate surface area is 252 Å². The summed E-state index contributed by atoms with van der Waals surface area (Å²) in [5, 5.41) is 10.7. The molecule has 3 atom stereocenters. The summed E-state index contributed by atoms with van der Waals surface area (Å²) in [5.41, 5.74) is 17.3. The lowest BCUT2D eigenvalue weighted by atomic mass is 10.0. The topological polar surface area (TPSA) is 236 Å². The fourth-order valence-electron chi connectivity index (χ4n) is 4.36. The maximum absolute atomic E-state index is 13.5. The Hall–Kier alpha value is -4.33. The van der Waals surface area contributed by atoms with E-state index in [1.807, 2.05) is 19.9 Å². The number of nitrogens with one attached hydrogen (secondary N) is 4. The van der Waals surface area contributed by atoms with Gasteiger partial charge in [0.1, 0.15) is 17.8 Å². The number of nitrogens with zero attached hydrogens (tertiary/aromatic N) is 2. The lowest BCUT2D eigenvalue weighted by molar-refractivity contribution is -0.132. The van der Waals surface area contributed by atoms with Crippen molar-refractivity contribution >= 4 is 41.2 Å². The van der Waals surface area contributed by atoms with Crippen molar-refractivity contribution in [2.45, 2.75) is 76.9 Å². The average molecular weight is 600 g/mol. The molecule has 0 bridgehead atoms. The molecule has 236 valence electrons. The second-order valence-corrected chi connectivity index (χ2v) is 10.9. The molecule has 0 unspecified atom stereocenters. The van der Waals surface area contributed by atoms with Crippen LogP contribution in [0.1, 0.15) is 57.9 Å². The number of amides is 5. The standard InChI is InChI=1S/C29H45N9O5/c1-18(2)15-22-28(43)38-23(16-19-9-4-3-5-10-19)26(41)35-17-24(39)33-13-7-6-12-21(27(42)37-22)36-25(40)20(30)11-8-14-34-29(31)32/h3-5,9-10,18,20-22H,6-8,11-17,30H2,1-2H3,(H,33,39)(H,35,41)(H,36,40)(H,37,42)(H4,31,32,34)/t20-,21-,22-/m0/s1.